The van der Waals surface area contributed by atoms with E-state index in [2.05, 4.69) is 35.7 Å². The van der Waals surface area contributed by atoms with Gasteiger partial charge in [-0.2, -0.15) is 4.98 Å². The fourth-order valence-corrected chi connectivity index (χ4v) is 1.63. The molecule has 0 bridgehead atoms. The van der Waals surface area contributed by atoms with Crippen LogP contribution in [0.3, 0.4) is 0 Å². The van der Waals surface area contributed by atoms with Crippen molar-refractivity contribution in [2.24, 2.45) is 0 Å². The first kappa shape index (κ1) is 15.5. The van der Waals surface area contributed by atoms with Crippen LogP contribution in [0, 0.1) is 0 Å². The summed E-state index contributed by atoms with van der Waals surface area (Å²) in [5.74, 6) is 2.38. The first-order valence-electron chi connectivity index (χ1n) is 7.15. The molecule has 0 saturated carbocycles. The van der Waals surface area contributed by atoms with Crippen LogP contribution in [0.15, 0.2) is 18.7 Å². The van der Waals surface area contributed by atoms with Gasteiger partial charge in [0.25, 0.3) is 0 Å². The van der Waals surface area contributed by atoms with Crippen molar-refractivity contribution in [3.63, 3.8) is 0 Å². The highest BCUT2D eigenvalue weighted by atomic mass is 16.5. The molecule has 0 radical (unpaired) electrons. The Morgan fingerprint density at radius 2 is 2.16 bits per heavy atom. The van der Waals surface area contributed by atoms with Gasteiger partial charge in [-0.25, -0.2) is 4.98 Å². The minimum absolute atomic E-state index is 0.668. The molecule has 1 heterocycles. The average Bonchev–Trinajstić information content (AvgIpc) is 2.42. The number of aryl methyl sites for hydroxylation is 1. The first-order chi connectivity index (χ1) is 9.30. The minimum Gasteiger partial charge on any atom is -0.478 e. The molecule has 1 aromatic heterocycles. The highest BCUT2D eigenvalue weighted by molar-refractivity contribution is 5.38. The predicted octanol–water partition coefficient (Wildman–Crippen LogP) is 3.60. The molecule has 1 N–H and O–H groups in total. The number of ether oxygens (including phenoxy) is 1. The highest BCUT2D eigenvalue weighted by Crippen LogP contribution is 2.15. The number of aromatic nitrogens is 2. The zero-order valence-electron chi connectivity index (χ0n) is 12.1. The summed E-state index contributed by atoms with van der Waals surface area (Å²) in [5, 5.41) is 3.29. The summed E-state index contributed by atoms with van der Waals surface area (Å²) in [6.07, 6.45) is 6.82. The van der Waals surface area contributed by atoms with Gasteiger partial charge in [-0.15, -0.1) is 6.58 Å². The van der Waals surface area contributed by atoms with Gasteiger partial charge in [0.05, 0.1) is 6.61 Å². The third-order valence-corrected chi connectivity index (χ3v) is 2.58. The molecule has 0 saturated heterocycles. The second-order valence-electron chi connectivity index (χ2n) is 4.46. The van der Waals surface area contributed by atoms with Gasteiger partial charge in [-0.05, 0) is 25.7 Å². The molecule has 0 aliphatic rings. The van der Waals surface area contributed by atoms with E-state index in [0.29, 0.717) is 12.5 Å². The summed E-state index contributed by atoms with van der Waals surface area (Å²) in [5.41, 5.74) is 0. The topological polar surface area (TPSA) is 47.0 Å². The van der Waals surface area contributed by atoms with Gasteiger partial charge >= 0.3 is 0 Å². The molecule has 4 nitrogen and oxygen atoms in total. The van der Waals surface area contributed by atoms with Crippen molar-refractivity contribution >= 4 is 5.82 Å². The van der Waals surface area contributed by atoms with E-state index in [9.17, 15) is 0 Å². The molecule has 4 heteroatoms. The van der Waals surface area contributed by atoms with Crippen LogP contribution in [0.1, 0.15) is 45.4 Å². The SMILES string of the molecule is C=CCCCOc1cc(NCCC)nc(CCC)n1. The lowest BCUT2D eigenvalue weighted by molar-refractivity contribution is 0.299. The molecule has 106 valence electrons. The van der Waals surface area contributed by atoms with Gasteiger partial charge in [0, 0.05) is 19.0 Å². The van der Waals surface area contributed by atoms with Crippen LogP contribution in [0.25, 0.3) is 0 Å². The van der Waals surface area contributed by atoms with E-state index in [1.54, 1.807) is 0 Å². The summed E-state index contributed by atoms with van der Waals surface area (Å²) in [6, 6.07) is 1.88. The van der Waals surface area contributed by atoms with E-state index >= 15 is 0 Å². The van der Waals surface area contributed by atoms with Crippen molar-refractivity contribution < 1.29 is 4.74 Å². The minimum atomic E-state index is 0.668. The molecule has 0 spiro atoms. The van der Waals surface area contributed by atoms with Crippen LogP contribution in [0.4, 0.5) is 5.82 Å². The summed E-state index contributed by atoms with van der Waals surface area (Å²) >= 11 is 0. The average molecular weight is 263 g/mol. The van der Waals surface area contributed by atoms with Gasteiger partial charge in [-0.3, -0.25) is 0 Å². The zero-order chi connectivity index (χ0) is 13.9. The standard InChI is InChI=1S/C15H25N3O/c1-4-7-8-11-19-15-12-14(16-10-6-3)17-13(18-15)9-5-2/h4,12H,1,5-11H2,2-3H3,(H,16,17,18). The van der Waals surface area contributed by atoms with Crippen LogP contribution >= 0.6 is 0 Å². The van der Waals surface area contributed by atoms with Crippen molar-refractivity contribution in [3.05, 3.63) is 24.5 Å². The number of hydrogen-bond acceptors (Lipinski definition) is 4. The fraction of sp³-hybridized carbons (Fsp3) is 0.600. The number of allylic oxidation sites excluding steroid dienone is 1. The summed E-state index contributed by atoms with van der Waals surface area (Å²) < 4.78 is 5.68. The Morgan fingerprint density at radius 3 is 2.84 bits per heavy atom. The lowest BCUT2D eigenvalue weighted by Crippen LogP contribution is -2.07. The maximum Gasteiger partial charge on any atom is 0.218 e. The lowest BCUT2D eigenvalue weighted by atomic mass is 10.3. The number of rotatable bonds is 10. The van der Waals surface area contributed by atoms with Gasteiger partial charge in [-0.1, -0.05) is 19.9 Å². The van der Waals surface area contributed by atoms with E-state index in [1.807, 2.05) is 12.1 Å². The number of anilines is 1. The molecular weight excluding hydrogens is 238 g/mol. The predicted molar refractivity (Wildman–Crippen MR) is 79.7 cm³/mol. The Bertz CT molecular complexity index is 380. The lowest BCUT2D eigenvalue weighted by Gasteiger charge is -2.10. The van der Waals surface area contributed by atoms with Crippen molar-refractivity contribution in [2.75, 3.05) is 18.5 Å². The Balaban J connectivity index is 2.65. The second-order valence-corrected chi connectivity index (χ2v) is 4.46. The van der Waals surface area contributed by atoms with E-state index in [4.69, 9.17) is 4.74 Å². The van der Waals surface area contributed by atoms with E-state index in [0.717, 1.165) is 50.3 Å². The van der Waals surface area contributed by atoms with Crippen LogP contribution in [0.2, 0.25) is 0 Å². The first-order valence-corrected chi connectivity index (χ1v) is 7.15. The van der Waals surface area contributed by atoms with Gasteiger partial charge in [0.2, 0.25) is 5.88 Å². The third-order valence-electron chi connectivity index (χ3n) is 2.58. The third kappa shape index (κ3) is 6.22. The van der Waals surface area contributed by atoms with Crippen LogP contribution in [-0.2, 0) is 6.42 Å². The number of nitrogens with one attached hydrogen (secondary N) is 1. The van der Waals surface area contributed by atoms with Crippen LogP contribution < -0.4 is 10.1 Å². The van der Waals surface area contributed by atoms with E-state index in [-0.39, 0.29) is 0 Å². The molecule has 0 aliphatic heterocycles. The highest BCUT2D eigenvalue weighted by Gasteiger charge is 2.05. The number of unbranched alkanes of at least 4 members (excludes halogenated alkanes) is 1. The van der Waals surface area contributed by atoms with Crippen molar-refractivity contribution in [2.45, 2.75) is 46.0 Å². The molecule has 0 fully saturated rings. The van der Waals surface area contributed by atoms with Gasteiger partial charge in [0.15, 0.2) is 0 Å². The molecule has 19 heavy (non-hydrogen) atoms. The van der Waals surface area contributed by atoms with Crippen LogP contribution in [-0.4, -0.2) is 23.1 Å². The quantitative estimate of drug-likeness (QED) is 0.517. The van der Waals surface area contributed by atoms with E-state index < -0.39 is 0 Å². The van der Waals surface area contributed by atoms with Crippen LogP contribution in [0.5, 0.6) is 5.88 Å². The Kier molecular flexibility index (Phi) is 7.63. The monoisotopic (exact) mass is 263 g/mol. The van der Waals surface area contributed by atoms with E-state index in [1.165, 1.54) is 0 Å². The van der Waals surface area contributed by atoms with Crippen molar-refractivity contribution in [1.82, 2.24) is 9.97 Å². The molecule has 0 aromatic carbocycles. The molecule has 0 unspecified atom stereocenters. The second kappa shape index (κ2) is 9.36. The number of hydrogen-bond donors (Lipinski definition) is 1. The molecular formula is C15H25N3O. The zero-order valence-corrected chi connectivity index (χ0v) is 12.1. The number of nitrogens with zero attached hydrogens (tertiary/aromatic N) is 2. The maximum atomic E-state index is 5.68. The summed E-state index contributed by atoms with van der Waals surface area (Å²) in [6.45, 7) is 9.54. The molecule has 0 atom stereocenters. The Hall–Kier alpha value is -1.58. The fourth-order valence-electron chi connectivity index (χ4n) is 1.63. The Morgan fingerprint density at radius 1 is 1.32 bits per heavy atom. The molecule has 0 amide bonds. The van der Waals surface area contributed by atoms with Crippen molar-refractivity contribution in [1.29, 1.82) is 0 Å². The van der Waals surface area contributed by atoms with Gasteiger partial charge < -0.3 is 10.1 Å². The normalized spacial score (nSPS) is 10.2. The molecule has 0 aliphatic carbocycles. The van der Waals surface area contributed by atoms with Crippen molar-refractivity contribution in [3.8, 4) is 5.88 Å². The largest absolute Gasteiger partial charge is 0.478 e. The summed E-state index contributed by atoms with van der Waals surface area (Å²) in [4.78, 5) is 8.92. The van der Waals surface area contributed by atoms with Gasteiger partial charge in [0.1, 0.15) is 11.6 Å². The molecule has 1 aromatic rings. The summed E-state index contributed by atoms with van der Waals surface area (Å²) in [7, 11) is 0. The Labute approximate surface area is 116 Å². The smallest absolute Gasteiger partial charge is 0.218 e. The molecule has 1 rings (SSSR count). The maximum absolute atomic E-state index is 5.68.